The maximum absolute atomic E-state index is 13.1. The Morgan fingerprint density at radius 3 is 2.53 bits per heavy atom. The molecular formula is C24H28N4O4. The minimum Gasteiger partial charge on any atom is -0.496 e. The lowest BCUT2D eigenvalue weighted by Crippen LogP contribution is -2.37. The Bertz CT molecular complexity index is 987. The molecule has 0 unspecified atom stereocenters. The van der Waals surface area contributed by atoms with Gasteiger partial charge in [0.15, 0.2) is 0 Å². The molecule has 0 radical (unpaired) electrons. The number of carbonyl (C=O) groups is 3. The molecule has 0 aliphatic carbocycles. The topological polar surface area (TPSA) is 91.0 Å². The molecule has 0 spiro atoms. The number of ether oxygens (including phenoxy) is 1. The highest BCUT2D eigenvalue weighted by atomic mass is 16.5. The van der Waals surface area contributed by atoms with Gasteiger partial charge in [-0.3, -0.25) is 19.4 Å². The average molecular weight is 437 g/mol. The fourth-order valence-electron chi connectivity index (χ4n) is 4.38. The van der Waals surface area contributed by atoms with E-state index in [1.165, 1.54) is 0 Å². The fourth-order valence-corrected chi connectivity index (χ4v) is 4.38. The lowest BCUT2D eigenvalue weighted by atomic mass is 10.0. The van der Waals surface area contributed by atoms with E-state index in [0.29, 0.717) is 17.7 Å². The van der Waals surface area contributed by atoms with Crippen LogP contribution in [0.4, 0.5) is 4.79 Å². The molecule has 2 aromatic carbocycles. The molecule has 2 aliphatic rings. The number of para-hydroxylation sites is 1. The van der Waals surface area contributed by atoms with Crippen LogP contribution < -0.4 is 15.4 Å². The van der Waals surface area contributed by atoms with Crippen molar-refractivity contribution in [2.45, 2.75) is 25.4 Å². The smallest absolute Gasteiger partial charge is 0.324 e. The molecule has 4 amide bonds. The molecule has 8 nitrogen and oxygen atoms in total. The zero-order valence-corrected chi connectivity index (χ0v) is 18.2. The Hall–Kier alpha value is -3.39. The maximum Gasteiger partial charge on any atom is 0.324 e. The Morgan fingerprint density at radius 2 is 1.81 bits per heavy atom. The summed E-state index contributed by atoms with van der Waals surface area (Å²) in [5, 5.41) is 5.58. The van der Waals surface area contributed by atoms with E-state index in [1.807, 2.05) is 24.3 Å². The molecule has 2 aromatic rings. The molecule has 1 atom stereocenters. The predicted molar refractivity (Wildman–Crippen MR) is 119 cm³/mol. The molecule has 0 saturated carbocycles. The second-order valence-corrected chi connectivity index (χ2v) is 8.01. The number of carbonyl (C=O) groups excluding carboxylic acids is 3. The largest absolute Gasteiger partial charge is 0.496 e. The van der Waals surface area contributed by atoms with Gasteiger partial charge in [-0.15, -0.1) is 0 Å². The van der Waals surface area contributed by atoms with Gasteiger partial charge in [-0.05, 0) is 43.6 Å². The number of hydrogen-bond donors (Lipinski definition) is 2. The lowest BCUT2D eigenvalue weighted by molar-refractivity contribution is -0.125. The van der Waals surface area contributed by atoms with E-state index in [4.69, 9.17) is 4.74 Å². The van der Waals surface area contributed by atoms with E-state index >= 15 is 0 Å². The minimum atomic E-state index is -0.435. The highest BCUT2D eigenvalue weighted by Gasteiger charge is 2.30. The molecular weight excluding hydrogens is 408 g/mol. The number of amides is 4. The molecule has 0 bridgehead atoms. The van der Waals surface area contributed by atoms with Gasteiger partial charge in [-0.1, -0.05) is 36.4 Å². The summed E-state index contributed by atoms with van der Waals surface area (Å²) in [5.41, 5.74) is 2.13. The third-order valence-electron chi connectivity index (χ3n) is 6.06. The summed E-state index contributed by atoms with van der Waals surface area (Å²) in [6.45, 7) is 2.43. The monoisotopic (exact) mass is 436 g/mol. The summed E-state index contributed by atoms with van der Waals surface area (Å²) in [7, 11) is 1.66. The molecule has 8 heteroatoms. The highest BCUT2D eigenvalue weighted by molar-refractivity contribution is 6.02. The number of nitrogens with one attached hydrogen (secondary N) is 2. The molecule has 4 rings (SSSR count). The van der Waals surface area contributed by atoms with Crippen molar-refractivity contribution in [2.24, 2.45) is 0 Å². The number of rotatable bonds is 8. The van der Waals surface area contributed by atoms with Gasteiger partial charge in [-0.25, -0.2) is 4.79 Å². The van der Waals surface area contributed by atoms with Crippen molar-refractivity contribution >= 4 is 17.8 Å². The molecule has 2 aliphatic heterocycles. The van der Waals surface area contributed by atoms with E-state index in [9.17, 15) is 14.4 Å². The van der Waals surface area contributed by atoms with Gasteiger partial charge in [0.05, 0.1) is 26.2 Å². The molecule has 168 valence electrons. The molecule has 2 saturated heterocycles. The van der Waals surface area contributed by atoms with Gasteiger partial charge >= 0.3 is 6.03 Å². The van der Waals surface area contributed by atoms with Gasteiger partial charge in [0, 0.05) is 17.7 Å². The van der Waals surface area contributed by atoms with E-state index in [0.717, 1.165) is 42.1 Å². The summed E-state index contributed by atoms with van der Waals surface area (Å²) < 4.78 is 5.58. The summed E-state index contributed by atoms with van der Waals surface area (Å²) in [6.07, 6.45) is 2.27. The maximum atomic E-state index is 13.1. The van der Waals surface area contributed by atoms with Crippen LogP contribution in [0.15, 0.2) is 48.5 Å². The normalized spacial score (nSPS) is 17.3. The van der Waals surface area contributed by atoms with Crippen LogP contribution in [0.25, 0.3) is 0 Å². The van der Waals surface area contributed by atoms with Gasteiger partial charge in [0.2, 0.25) is 5.91 Å². The summed E-state index contributed by atoms with van der Waals surface area (Å²) in [6, 6.07) is 14.5. The number of benzene rings is 2. The Kier molecular flexibility index (Phi) is 6.70. The number of urea groups is 1. The average Bonchev–Trinajstić information content (AvgIpc) is 3.46. The first-order valence-electron chi connectivity index (χ1n) is 10.9. The number of likely N-dealkylation sites (tertiary alicyclic amines) is 1. The Balaban J connectivity index is 1.51. The quantitative estimate of drug-likeness (QED) is 0.620. The van der Waals surface area contributed by atoms with E-state index in [2.05, 4.69) is 15.5 Å². The number of nitrogens with zero attached hydrogens (tertiary/aromatic N) is 2. The standard InChI is InChI=1S/C24H28N4O4/c1-32-21-11-5-4-10-19(21)20(27-12-6-7-13-27)14-25-23(30)18-9-3-2-8-17(18)16-28-22(29)15-26-24(28)31/h2-5,8-11,20H,6-7,12-16H2,1H3,(H,25,30)(H,26,31)/t20-/m0/s1. The first-order valence-corrected chi connectivity index (χ1v) is 10.9. The van der Waals surface area contributed by atoms with Gasteiger partial charge in [0.1, 0.15) is 5.75 Å². The van der Waals surface area contributed by atoms with Crippen LogP contribution in [0.1, 0.15) is 40.4 Å². The molecule has 2 fully saturated rings. The molecule has 32 heavy (non-hydrogen) atoms. The van der Waals surface area contributed by atoms with Crippen molar-refractivity contribution in [3.05, 3.63) is 65.2 Å². The number of hydrogen-bond acceptors (Lipinski definition) is 5. The third-order valence-corrected chi connectivity index (χ3v) is 6.06. The minimum absolute atomic E-state index is 0.00398. The SMILES string of the molecule is COc1ccccc1[C@H](CNC(=O)c1ccccc1CN1C(=O)CNC1=O)N1CCCC1. The molecule has 2 heterocycles. The Morgan fingerprint density at radius 1 is 1.09 bits per heavy atom. The van der Waals surface area contributed by atoms with Crippen molar-refractivity contribution in [3.63, 3.8) is 0 Å². The van der Waals surface area contributed by atoms with E-state index < -0.39 is 6.03 Å². The summed E-state index contributed by atoms with van der Waals surface area (Å²) in [4.78, 5) is 40.5. The molecule has 2 N–H and O–H groups in total. The van der Waals surface area contributed by atoms with E-state index in [-0.39, 0.29) is 30.9 Å². The van der Waals surface area contributed by atoms with Gasteiger partial charge in [0.25, 0.3) is 5.91 Å². The van der Waals surface area contributed by atoms with Crippen molar-refractivity contribution < 1.29 is 19.1 Å². The van der Waals surface area contributed by atoms with Gasteiger partial charge in [-0.2, -0.15) is 0 Å². The second kappa shape index (κ2) is 9.82. The fraction of sp³-hybridized carbons (Fsp3) is 0.375. The predicted octanol–water partition coefficient (Wildman–Crippen LogP) is 2.31. The number of methoxy groups -OCH3 is 1. The van der Waals surface area contributed by atoms with Crippen LogP contribution >= 0.6 is 0 Å². The van der Waals surface area contributed by atoms with Crippen molar-refractivity contribution in [3.8, 4) is 5.75 Å². The number of imide groups is 1. The van der Waals surface area contributed by atoms with Crippen LogP contribution in [-0.2, 0) is 11.3 Å². The van der Waals surface area contributed by atoms with Gasteiger partial charge < -0.3 is 15.4 Å². The second-order valence-electron chi connectivity index (χ2n) is 8.01. The summed E-state index contributed by atoms with van der Waals surface area (Å²) >= 11 is 0. The molecule has 0 aromatic heterocycles. The first-order chi connectivity index (χ1) is 15.6. The van der Waals surface area contributed by atoms with E-state index in [1.54, 1.807) is 31.4 Å². The van der Waals surface area contributed by atoms with Crippen LogP contribution in [0.5, 0.6) is 5.75 Å². The van der Waals surface area contributed by atoms with Crippen molar-refractivity contribution in [2.75, 3.05) is 33.3 Å². The first kappa shape index (κ1) is 21.8. The van der Waals surface area contributed by atoms with Crippen molar-refractivity contribution in [1.82, 2.24) is 20.4 Å². The third kappa shape index (κ3) is 4.60. The highest BCUT2D eigenvalue weighted by Crippen LogP contribution is 2.31. The lowest BCUT2D eigenvalue weighted by Gasteiger charge is -2.29. The van der Waals surface area contributed by atoms with Crippen LogP contribution in [-0.4, -0.2) is 60.9 Å². The van der Waals surface area contributed by atoms with Crippen LogP contribution in [0, 0.1) is 0 Å². The van der Waals surface area contributed by atoms with Crippen LogP contribution in [0.3, 0.4) is 0 Å². The summed E-state index contributed by atoms with van der Waals surface area (Å²) in [5.74, 6) is 0.278. The zero-order chi connectivity index (χ0) is 22.5. The van der Waals surface area contributed by atoms with Crippen LogP contribution in [0.2, 0.25) is 0 Å². The Labute approximate surface area is 187 Å². The van der Waals surface area contributed by atoms with Crippen molar-refractivity contribution in [1.29, 1.82) is 0 Å². The zero-order valence-electron chi connectivity index (χ0n) is 18.2.